The number of carbonyl (C=O) groups is 2. The molecule has 0 bridgehead atoms. The van der Waals surface area contributed by atoms with Crippen LogP contribution in [0.2, 0.25) is 0 Å². The van der Waals surface area contributed by atoms with E-state index in [1.165, 1.54) is 0 Å². The molecule has 0 fully saturated rings. The molecule has 0 amide bonds. The molecule has 16 heavy (non-hydrogen) atoms. The molecular weight excluding hydrogens is 208 g/mol. The highest BCUT2D eigenvalue weighted by Crippen LogP contribution is 2.03. The van der Waals surface area contributed by atoms with Crippen molar-refractivity contribution in [2.24, 2.45) is 0 Å². The minimum atomic E-state index is -1.06. The van der Waals surface area contributed by atoms with Crippen molar-refractivity contribution in [2.75, 3.05) is 6.61 Å². The zero-order chi connectivity index (χ0) is 12.4. The molecule has 0 aliphatic heterocycles. The summed E-state index contributed by atoms with van der Waals surface area (Å²) < 4.78 is 4.89. The van der Waals surface area contributed by atoms with Crippen molar-refractivity contribution in [3.05, 3.63) is 11.6 Å². The first-order valence-corrected chi connectivity index (χ1v) is 5.72. The van der Waals surface area contributed by atoms with E-state index >= 15 is 0 Å². The van der Waals surface area contributed by atoms with Crippen molar-refractivity contribution in [1.82, 2.24) is 0 Å². The lowest BCUT2D eigenvalue weighted by Crippen LogP contribution is -2.07. The minimum absolute atomic E-state index is 0.0820. The SMILES string of the molecule is CCCCCCOC(=O)/C=C(\CC)C(=O)O. The van der Waals surface area contributed by atoms with Crippen molar-refractivity contribution in [3.8, 4) is 0 Å². The average Bonchev–Trinajstić information content (AvgIpc) is 2.25. The van der Waals surface area contributed by atoms with E-state index in [1.807, 2.05) is 0 Å². The van der Waals surface area contributed by atoms with E-state index < -0.39 is 11.9 Å². The van der Waals surface area contributed by atoms with Gasteiger partial charge in [-0.15, -0.1) is 0 Å². The third-order valence-corrected chi connectivity index (χ3v) is 2.19. The maximum atomic E-state index is 11.2. The van der Waals surface area contributed by atoms with Gasteiger partial charge >= 0.3 is 11.9 Å². The second-order valence-electron chi connectivity index (χ2n) is 3.56. The van der Waals surface area contributed by atoms with E-state index in [-0.39, 0.29) is 5.57 Å². The Balaban J connectivity index is 3.84. The Morgan fingerprint density at radius 1 is 1.19 bits per heavy atom. The minimum Gasteiger partial charge on any atom is -0.478 e. The number of carbonyl (C=O) groups excluding carboxylic acids is 1. The molecule has 0 aromatic carbocycles. The Kier molecular flexibility index (Phi) is 8.21. The number of hydrogen-bond acceptors (Lipinski definition) is 3. The normalized spacial score (nSPS) is 11.2. The molecule has 1 N–H and O–H groups in total. The highest BCUT2D eigenvalue weighted by Gasteiger charge is 2.07. The van der Waals surface area contributed by atoms with Crippen molar-refractivity contribution in [1.29, 1.82) is 0 Å². The molecule has 4 heteroatoms. The van der Waals surface area contributed by atoms with Gasteiger partial charge in [-0.1, -0.05) is 33.1 Å². The number of rotatable bonds is 8. The highest BCUT2D eigenvalue weighted by molar-refractivity contribution is 5.95. The van der Waals surface area contributed by atoms with Crippen LogP contribution < -0.4 is 0 Å². The third-order valence-electron chi connectivity index (χ3n) is 2.19. The van der Waals surface area contributed by atoms with E-state index in [9.17, 15) is 9.59 Å². The third kappa shape index (κ3) is 7.04. The van der Waals surface area contributed by atoms with Crippen LogP contribution in [0.15, 0.2) is 11.6 Å². The van der Waals surface area contributed by atoms with Crippen LogP contribution >= 0.6 is 0 Å². The van der Waals surface area contributed by atoms with E-state index in [4.69, 9.17) is 9.84 Å². The summed E-state index contributed by atoms with van der Waals surface area (Å²) in [7, 11) is 0. The highest BCUT2D eigenvalue weighted by atomic mass is 16.5. The second-order valence-corrected chi connectivity index (χ2v) is 3.56. The molecule has 0 saturated carbocycles. The van der Waals surface area contributed by atoms with Crippen molar-refractivity contribution >= 4 is 11.9 Å². The van der Waals surface area contributed by atoms with Crippen LogP contribution in [0.25, 0.3) is 0 Å². The number of aliphatic carboxylic acids is 1. The van der Waals surface area contributed by atoms with Gasteiger partial charge in [0.1, 0.15) is 0 Å². The maximum absolute atomic E-state index is 11.2. The average molecular weight is 228 g/mol. The molecular formula is C12H20O4. The summed E-state index contributed by atoms with van der Waals surface area (Å²) in [4.78, 5) is 21.8. The molecule has 92 valence electrons. The number of esters is 1. The lowest BCUT2D eigenvalue weighted by Gasteiger charge is -2.02. The summed E-state index contributed by atoms with van der Waals surface area (Å²) >= 11 is 0. The molecule has 0 aromatic rings. The molecule has 0 saturated heterocycles. The summed E-state index contributed by atoms with van der Waals surface area (Å²) in [6.45, 7) is 4.16. The van der Waals surface area contributed by atoms with Crippen molar-refractivity contribution in [2.45, 2.75) is 46.0 Å². The van der Waals surface area contributed by atoms with Gasteiger partial charge in [-0.05, 0) is 12.8 Å². The zero-order valence-electron chi connectivity index (χ0n) is 9.99. The van der Waals surface area contributed by atoms with Gasteiger partial charge in [0.15, 0.2) is 0 Å². The largest absolute Gasteiger partial charge is 0.478 e. The Morgan fingerprint density at radius 3 is 2.38 bits per heavy atom. The van der Waals surface area contributed by atoms with E-state index in [2.05, 4.69) is 6.92 Å². The summed E-state index contributed by atoms with van der Waals surface area (Å²) in [5, 5.41) is 8.69. The predicted molar refractivity (Wildman–Crippen MR) is 61.1 cm³/mol. The summed E-state index contributed by atoms with van der Waals surface area (Å²) in [6, 6.07) is 0. The van der Waals surface area contributed by atoms with Gasteiger partial charge in [0.2, 0.25) is 0 Å². The van der Waals surface area contributed by atoms with Crippen LogP contribution in [0.5, 0.6) is 0 Å². The molecule has 0 heterocycles. The van der Waals surface area contributed by atoms with Gasteiger partial charge < -0.3 is 9.84 Å². The maximum Gasteiger partial charge on any atom is 0.331 e. The summed E-state index contributed by atoms with van der Waals surface area (Å²) in [5.41, 5.74) is 0.0820. The Morgan fingerprint density at radius 2 is 1.88 bits per heavy atom. The first kappa shape index (κ1) is 14.7. The fourth-order valence-corrected chi connectivity index (χ4v) is 1.20. The van der Waals surface area contributed by atoms with Gasteiger partial charge in [0.05, 0.1) is 6.61 Å². The molecule has 0 spiro atoms. The van der Waals surface area contributed by atoms with Gasteiger partial charge in [-0.25, -0.2) is 9.59 Å². The van der Waals surface area contributed by atoms with Crippen LogP contribution in [0.3, 0.4) is 0 Å². The van der Waals surface area contributed by atoms with Crippen LogP contribution in [-0.2, 0) is 14.3 Å². The van der Waals surface area contributed by atoms with Gasteiger partial charge in [0.25, 0.3) is 0 Å². The quantitative estimate of drug-likeness (QED) is 0.394. The first-order chi connectivity index (χ1) is 7.61. The molecule has 0 aromatic heterocycles. The topological polar surface area (TPSA) is 63.6 Å². The Labute approximate surface area is 96.3 Å². The molecule has 0 rings (SSSR count). The summed E-state index contributed by atoms with van der Waals surface area (Å²) in [5.74, 6) is -1.62. The summed E-state index contributed by atoms with van der Waals surface area (Å²) in [6.07, 6.45) is 5.51. The van der Waals surface area contributed by atoms with Gasteiger partial charge in [-0.3, -0.25) is 0 Å². The molecule has 0 atom stereocenters. The predicted octanol–water partition coefficient (Wildman–Crippen LogP) is 2.53. The van der Waals surface area contributed by atoms with Crippen LogP contribution in [0.1, 0.15) is 46.0 Å². The molecule has 0 radical (unpaired) electrons. The molecule has 4 nitrogen and oxygen atoms in total. The number of hydrogen-bond donors (Lipinski definition) is 1. The van der Waals surface area contributed by atoms with E-state index in [0.29, 0.717) is 13.0 Å². The van der Waals surface area contributed by atoms with Crippen molar-refractivity contribution in [3.63, 3.8) is 0 Å². The van der Waals surface area contributed by atoms with Gasteiger partial charge in [-0.2, -0.15) is 0 Å². The smallest absolute Gasteiger partial charge is 0.331 e. The molecule has 0 aliphatic rings. The van der Waals surface area contributed by atoms with E-state index in [0.717, 1.165) is 31.8 Å². The lowest BCUT2D eigenvalue weighted by atomic mass is 10.2. The number of unbranched alkanes of at least 4 members (excludes halogenated alkanes) is 3. The second kappa shape index (κ2) is 8.95. The zero-order valence-corrected chi connectivity index (χ0v) is 9.99. The molecule has 0 unspecified atom stereocenters. The monoisotopic (exact) mass is 228 g/mol. The van der Waals surface area contributed by atoms with Crippen LogP contribution in [0.4, 0.5) is 0 Å². The number of carboxylic acids is 1. The fraction of sp³-hybridized carbons (Fsp3) is 0.667. The standard InChI is InChI=1S/C12H20O4/c1-3-5-6-7-8-16-11(13)9-10(4-2)12(14)15/h9H,3-8H2,1-2H3,(H,14,15)/b10-9+. The first-order valence-electron chi connectivity index (χ1n) is 5.72. The van der Waals surface area contributed by atoms with E-state index in [1.54, 1.807) is 6.92 Å². The van der Waals surface area contributed by atoms with Crippen molar-refractivity contribution < 1.29 is 19.4 Å². The Bertz CT molecular complexity index is 256. The lowest BCUT2D eigenvalue weighted by molar-refractivity contribution is -0.139. The van der Waals surface area contributed by atoms with Crippen LogP contribution in [-0.4, -0.2) is 23.7 Å². The van der Waals surface area contributed by atoms with Gasteiger partial charge in [0, 0.05) is 11.6 Å². The Hall–Kier alpha value is -1.32. The number of carboxylic acid groups (broad SMARTS) is 1. The number of ether oxygens (including phenoxy) is 1. The fourth-order valence-electron chi connectivity index (χ4n) is 1.20. The van der Waals surface area contributed by atoms with Crippen LogP contribution in [0, 0.1) is 0 Å². The molecule has 0 aliphatic carbocycles.